The second-order valence-corrected chi connectivity index (χ2v) is 3.90. The third-order valence-electron chi connectivity index (χ3n) is 3.01. The van der Waals surface area contributed by atoms with Crippen molar-refractivity contribution in [1.29, 1.82) is 0 Å². The van der Waals surface area contributed by atoms with Crippen LogP contribution in [0.3, 0.4) is 0 Å². The third kappa shape index (κ3) is 1.98. The molecule has 0 aromatic heterocycles. The van der Waals surface area contributed by atoms with Crippen LogP contribution in [-0.4, -0.2) is 29.8 Å². The van der Waals surface area contributed by atoms with E-state index >= 15 is 0 Å². The molecule has 13 heavy (non-hydrogen) atoms. The lowest BCUT2D eigenvalue weighted by Gasteiger charge is -2.35. The van der Waals surface area contributed by atoms with Crippen LogP contribution in [0.2, 0.25) is 0 Å². The quantitative estimate of drug-likeness (QED) is 0.654. The maximum atomic E-state index is 12.1. The van der Waals surface area contributed by atoms with Crippen LogP contribution in [0.25, 0.3) is 0 Å². The van der Waals surface area contributed by atoms with Crippen LogP contribution < -0.4 is 0 Å². The molecule has 1 fully saturated rings. The van der Waals surface area contributed by atoms with Gasteiger partial charge in [0.25, 0.3) is 5.91 Å². The van der Waals surface area contributed by atoms with Crippen molar-refractivity contribution in [3.05, 3.63) is 0 Å². The second-order valence-electron chi connectivity index (χ2n) is 3.90. The first kappa shape index (κ1) is 10.4. The summed E-state index contributed by atoms with van der Waals surface area (Å²) in [5, 5.41) is 0. The van der Waals surface area contributed by atoms with Crippen LogP contribution in [0.4, 0.5) is 8.78 Å². The van der Waals surface area contributed by atoms with Gasteiger partial charge >= 0.3 is 6.43 Å². The lowest BCUT2D eigenvalue weighted by atomic mass is 9.98. The molecule has 4 heteroatoms. The van der Waals surface area contributed by atoms with Crippen molar-refractivity contribution in [2.24, 2.45) is 0 Å². The Balaban J connectivity index is 2.65. The molecule has 0 saturated heterocycles. The summed E-state index contributed by atoms with van der Waals surface area (Å²) in [6, 6.07) is 0. The summed E-state index contributed by atoms with van der Waals surface area (Å²) < 4.78 is 24.2. The highest BCUT2D eigenvalue weighted by atomic mass is 19.3. The topological polar surface area (TPSA) is 20.3 Å². The van der Waals surface area contributed by atoms with Gasteiger partial charge in [-0.15, -0.1) is 0 Å². The molecule has 0 spiro atoms. The Hall–Kier alpha value is -0.670. The Morgan fingerprint density at radius 2 is 1.85 bits per heavy atom. The van der Waals surface area contributed by atoms with Gasteiger partial charge < -0.3 is 4.90 Å². The summed E-state index contributed by atoms with van der Waals surface area (Å²) in [5.74, 6) is -1.05. The first-order valence-corrected chi connectivity index (χ1v) is 4.53. The molecule has 1 rings (SSSR count). The molecule has 0 heterocycles. The number of amides is 1. The molecule has 1 amide bonds. The Bertz CT molecular complexity index is 200. The zero-order chi connectivity index (χ0) is 10.1. The van der Waals surface area contributed by atoms with E-state index in [0.717, 1.165) is 25.7 Å². The molecule has 0 atom stereocenters. The van der Waals surface area contributed by atoms with Crippen molar-refractivity contribution in [3.63, 3.8) is 0 Å². The van der Waals surface area contributed by atoms with E-state index in [1.807, 2.05) is 6.92 Å². The molecule has 1 aliphatic rings. The second kappa shape index (κ2) is 3.60. The van der Waals surface area contributed by atoms with Crippen LogP contribution in [-0.2, 0) is 4.79 Å². The smallest absolute Gasteiger partial charge is 0.315 e. The van der Waals surface area contributed by atoms with Gasteiger partial charge in [-0.3, -0.25) is 4.79 Å². The minimum atomic E-state index is -2.87. The van der Waals surface area contributed by atoms with E-state index < -0.39 is 12.3 Å². The number of alkyl halides is 2. The molecule has 2 nitrogen and oxygen atoms in total. The zero-order valence-electron chi connectivity index (χ0n) is 8.02. The summed E-state index contributed by atoms with van der Waals surface area (Å²) in [4.78, 5) is 12.2. The molecule has 76 valence electrons. The molecular weight excluding hydrogens is 176 g/mol. The van der Waals surface area contributed by atoms with Gasteiger partial charge in [0.1, 0.15) is 0 Å². The molecule has 0 N–H and O–H groups in total. The highest BCUT2D eigenvalue weighted by molar-refractivity contribution is 5.79. The molecule has 0 bridgehead atoms. The average Bonchev–Trinajstić information content (AvgIpc) is 2.50. The summed E-state index contributed by atoms with van der Waals surface area (Å²) in [7, 11) is 1.47. The van der Waals surface area contributed by atoms with Gasteiger partial charge in [-0.1, -0.05) is 12.8 Å². The van der Waals surface area contributed by atoms with Crippen molar-refractivity contribution in [3.8, 4) is 0 Å². The van der Waals surface area contributed by atoms with E-state index in [2.05, 4.69) is 0 Å². The minimum Gasteiger partial charge on any atom is -0.335 e. The van der Waals surface area contributed by atoms with Crippen molar-refractivity contribution < 1.29 is 13.6 Å². The zero-order valence-corrected chi connectivity index (χ0v) is 8.02. The summed E-state index contributed by atoms with van der Waals surface area (Å²) >= 11 is 0. The van der Waals surface area contributed by atoms with Crippen molar-refractivity contribution in [2.75, 3.05) is 7.05 Å². The van der Waals surface area contributed by atoms with Crippen molar-refractivity contribution in [1.82, 2.24) is 4.90 Å². The minimum absolute atomic E-state index is 0.340. The Morgan fingerprint density at radius 1 is 1.38 bits per heavy atom. The highest BCUT2D eigenvalue weighted by Crippen LogP contribution is 2.34. The Kier molecular flexibility index (Phi) is 2.88. The lowest BCUT2D eigenvalue weighted by Crippen LogP contribution is -2.47. The fraction of sp³-hybridized carbons (Fsp3) is 0.889. The third-order valence-corrected chi connectivity index (χ3v) is 3.01. The molecule has 0 radical (unpaired) electrons. The number of hydrogen-bond acceptors (Lipinski definition) is 1. The fourth-order valence-electron chi connectivity index (χ4n) is 1.88. The fourth-order valence-corrected chi connectivity index (χ4v) is 1.88. The summed E-state index contributed by atoms with van der Waals surface area (Å²) in [6.45, 7) is 1.88. The maximum absolute atomic E-state index is 12.1. The standard InChI is InChI=1S/C9H15F2NO/c1-9(5-3-4-6-9)12(2)8(13)7(10)11/h7H,3-6H2,1-2H3. The molecule has 1 saturated carbocycles. The number of rotatable bonds is 2. The van der Waals surface area contributed by atoms with E-state index in [0.29, 0.717) is 0 Å². The number of halogens is 2. The van der Waals surface area contributed by atoms with Gasteiger partial charge in [-0.05, 0) is 19.8 Å². The first-order chi connectivity index (χ1) is 5.97. The predicted octanol–water partition coefficient (Wildman–Crippen LogP) is 2.04. The van der Waals surface area contributed by atoms with Crippen LogP contribution in [0, 0.1) is 0 Å². The van der Waals surface area contributed by atoms with Gasteiger partial charge in [0.05, 0.1) is 0 Å². The largest absolute Gasteiger partial charge is 0.335 e. The lowest BCUT2D eigenvalue weighted by molar-refractivity contribution is -0.146. The maximum Gasteiger partial charge on any atom is 0.315 e. The van der Waals surface area contributed by atoms with E-state index in [4.69, 9.17) is 0 Å². The average molecular weight is 191 g/mol. The van der Waals surface area contributed by atoms with Gasteiger partial charge in [-0.25, -0.2) is 0 Å². The van der Waals surface area contributed by atoms with E-state index in [1.54, 1.807) is 0 Å². The van der Waals surface area contributed by atoms with Crippen molar-refractivity contribution >= 4 is 5.91 Å². The molecule has 0 unspecified atom stereocenters. The van der Waals surface area contributed by atoms with Crippen LogP contribution in [0.5, 0.6) is 0 Å². The van der Waals surface area contributed by atoms with Crippen LogP contribution >= 0.6 is 0 Å². The summed E-state index contributed by atoms with van der Waals surface area (Å²) in [5.41, 5.74) is -0.340. The molecule has 0 aliphatic heterocycles. The molecule has 0 aromatic carbocycles. The number of nitrogens with zero attached hydrogens (tertiary/aromatic N) is 1. The van der Waals surface area contributed by atoms with E-state index in [1.165, 1.54) is 11.9 Å². The van der Waals surface area contributed by atoms with Crippen molar-refractivity contribution in [2.45, 2.75) is 44.6 Å². The molecule has 1 aliphatic carbocycles. The first-order valence-electron chi connectivity index (χ1n) is 4.53. The van der Waals surface area contributed by atoms with Gasteiger partial charge in [-0.2, -0.15) is 8.78 Å². The number of carbonyl (C=O) groups is 1. The molecule has 0 aromatic rings. The summed E-state index contributed by atoms with van der Waals surface area (Å²) in [6.07, 6.45) is 0.848. The number of hydrogen-bond donors (Lipinski definition) is 0. The van der Waals surface area contributed by atoms with E-state index in [-0.39, 0.29) is 5.54 Å². The number of carbonyl (C=O) groups excluding carboxylic acids is 1. The highest BCUT2D eigenvalue weighted by Gasteiger charge is 2.37. The monoisotopic (exact) mass is 191 g/mol. The van der Waals surface area contributed by atoms with Gasteiger partial charge in [0.2, 0.25) is 0 Å². The Labute approximate surface area is 76.9 Å². The normalized spacial score (nSPS) is 20.7. The van der Waals surface area contributed by atoms with Gasteiger partial charge in [0.15, 0.2) is 0 Å². The van der Waals surface area contributed by atoms with Crippen LogP contribution in [0.1, 0.15) is 32.6 Å². The molecular formula is C9H15F2NO. The SMILES string of the molecule is CN(C(=O)C(F)F)C1(C)CCCC1. The predicted molar refractivity (Wildman–Crippen MR) is 45.6 cm³/mol. The van der Waals surface area contributed by atoms with Gasteiger partial charge in [0, 0.05) is 12.6 Å². The van der Waals surface area contributed by atoms with Crippen LogP contribution in [0.15, 0.2) is 0 Å². The Morgan fingerprint density at radius 3 is 2.23 bits per heavy atom. The van der Waals surface area contributed by atoms with E-state index in [9.17, 15) is 13.6 Å².